The molecule has 8 nitrogen and oxygen atoms in total. The number of methoxy groups -OCH3 is 1. The summed E-state index contributed by atoms with van der Waals surface area (Å²) in [6.07, 6.45) is 2.02. The predicted molar refractivity (Wildman–Crippen MR) is 115 cm³/mol. The largest absolute Gasteiger partial charge is 0.499 e. The summed E-state index contributed by atoms with van der Waals surface area (Å²) in [5, 5.41) is 12.2. The standard InChI is InChI=1S/C20H25N3O5S2/c1-22-6-5-11-7-15(29-16(11)10-22)19(26)23-9-12(8-13(23)20(27)28-2)21-18(25)14-3-4-17(24)30-14/h3-4,12-13,15,24H,5-10H2,1-2H3,(H,21,25)/t12-,13?,15?/m1/s1. The molecule has 1 aromatic rings. The Labute approximate surface area is 183 Å². The number of thioether (sulfide) groups is 1. The fraction of sp³-hybridized carbons (Fsp3) is 0.550. The van der Waals surface area contributed by atoms with Gasteiger partial charge < -0.3 is 25.0 Å². The van der Waals surface area contributed by atoms with Crippen molar-refractivity contribution in [2.75, 3.05) is 33.8 Å². The van der Waals surface area contributed by atoms with Gasteiger partial charge in [0, 0.05) is 32.1 Å². The van der Waals surface area contributed by atoms with Crippen molar-refractivity contribution in [2.24, 2.45) is 0 Å². The van der Waals surface area contributed by atoms with Crippen molar-refractivity contribution >= 4 is 40.9 Å². The van der Waals surface area contributed by atoms with Crippen LogP contribution in [0.3, 0.4) is 0 Å². The lowest BCUT2D eigenvalue weighted by atomic mass is 10.0. The van der Waals surface area contributed by atoms with Gasteiger partial charge in [-0.05, 0) is 36.9 Å². The Hall–Kier alpha value is -2.04. The molecule has 0 aliphatic carbocycles. The molecule has 1 saturated heterocycles. The molecule has 4 rings (SSSR count). The molecule has 3 atom stereocenters. The van der Waals surface area contributed by atoms with Crippen molar-refractivity contribution < 1.29 is 24.2 Å². The summed E-state index contributed by atoms with van der Waals surface area (Å²) in [4.78, 5) is 43.6. The smallest absolute Gasteiger partial charge is 0.328 e. The zero-order chi connectivity index (χ0) is 21.4. The molecule has 30 heavy (non-hydrogen) atoms. The molecule has 2 unspecified atom stereocenters. The number of amides is 2. The van der Waals surface area contributed by atoms with Gasteiger partial charge in [-0.25, -0.2) is 4.79 Å². The highest BCUT2D eigenvalue weighted by Gasteiger charge is 2.44. The Balaban J connectivity index is 1.44. The first-order valence-electron chi connectivity index (χ1n) is 9.89. The number of carbonyl (C=O) groups excluding carboxylic acids is 3. The van der Waals surface area contributed by atoms with E-state index >= 15 is 0 Å². The summed E-state index contributed by atoms with van der Waals surface area (Å²) in [7, 11) is 3.39. The van der Waals surface area contributed by atoms with E-state index in [-0.39, 0.29) is 34.7 Å². The van der Waals surface area contributed by atoms with E-state index in [4.69, 9.17) is 4.74 Å². The zero-order valence-corrected chi connectivity index (χ0v) is 18.6. The van der Waals surface area contributed by atoms with Gasteiger partial charge in [-0.1, -0.05) is 16.9 Å². The number of carbonyl (C=O) groups is 3. The summed E-state index contributed by atoms with van der Waals surface area (Å²) in [6, 6.07) is 1.96. The second-order valence-electron chi connectivity index (χ2n) is 7.90. The van der Waals surface area contributed by atoms with Crippen molar-refractivity contribution in [1.82, 2.24) is 15.1 Å². The number of nitrogens with one attached hydrogen (secondary N) is 1. The maximum atomic E-state index is 13.3. The van der Waals surface area contributed by atoms with Crippen LogP contribution in [0.1, 0.15) is 28.9 Å². The Bertz CT molecular complexity index is 899. The van der Waals surface area contributed by atoms with Gasteiger partial charge >= 0.3 is 5.97 Å². The van der Waals surface area contributed by atoms with Crippen LogP contribution in [0, 0.1) is 0 Å². The van der Waals surface area contributed by atoms with E-state index in [0.717, 1.165) is 37.3 Å². The maximum Gasteiger partial charge on any atom is 0.328 e. The predicted octanol–water partition coefficient (Wildman–Crippen LogP) is 1.42. The van der Waals surface area contributed by atoms with Gasteiger partial charge in [0.15, 0.2) is 5.06 Å². The molecule has 1 fully saturated rings. The van der Waals surface area contributed by atoms with Crippen LogP contribution < -0.4 is 5.32 Å². The summed E-state index contributed by atoms with van der Waals surface area (Å²) >= 11 is 2.60. The lowest BCUT2D eigenvalue weighted by molar-refractivity contribution is -0.150. The van der Waals surface area contributed by atoms with Gasteiger partial charge in [0.1, 0.15) is 6.04 Å². The molecule has 162 valence electrons. The van der Waals surface area contributed by atoms with E-state index in [0.29, 0.717) is 11.3 Å². The SMILES string of the molecule is COC(=O)C1C[C@@H](NC(=O)c2ccc(O)s2)CN1C(=O)C1CC2=C(CN(C)CC2)S1. The Morgan fingerprint density at radius 1 is 1.30 bits per heavy atom. The summed E-state index contributed by atoms with van der Waals surface area (Å²) in [5.41, 5.74) is 1.35. The van der Waals surface area contributed by atoms with Crippen molar-refractivity contribution in [2.45, 2.75) is 36.6 Å². The Morgan fingerprint density at radius 2 is 2.10 bits per heavy atom. The minimum Gasteiger partial charge on any atom is -0.499 e. The number of rotatable bonds is 4. The third kappa shape index (κ3) is 4.21. The molecule has 3 aliphatic rings. The van der Waals surface area contributed by atoms with Crippen LogP contribution in [0.2, 0.25) is 0 Å². The molecule has 0 saturated carbocycles. The van der Waals surface area contributed by atoms with Crippen LogP contribution in [0.4, 0.5) is 0 Å². The number of likely N-dealkylation sites (N-methyl/N-ethyl adjacent to an activating group) is 1. The number of thiophene rings is 1. The van der Waals surface area contributed by atoms with Gasteiger partial charge in [0.25, 0.3) is 5.91 Å². The van der Waals surface area contributed by atoms with Gasteiger partial charge in [-0.15, -0.1) is 11.8 Å². The monoisotopic (exact) mass is 451 g/mol. The Kier molecular flexibility index (Phi) is 6.08. The van der Waals surface area contributed by atoms with E-state index < -0.39 is 12.0 Å². The molecule has 3 aliphatic heterocycles. The van der Waals surface area contributed by atoms with E-state index in [1.807, 2.05) is 0 Å². The lowest BCUT2D eigenvalue weighted by Crippen LogP contribution is -2.45. The molecular weight excluding hydrogens is 426 g/mol. The number of hydrogen-bond acceptors (Lipinski definition) is 8. The molecule has 0 aromatic carbocycles. The van der Waals surface area contributed by atoms with Gasteiger partial charge in [-0.2, -0.15) is 0 Å². The molecule has 2 amide bonds. The molecule has 10 heteroatoms. The summed E-state index contributed by atoms with van der Waals surface area (Å²) < 4.78 is 4.93. The van der Waals surface area contributed by atoms with E-state index in [1.54, 1.807) is 22.7 Å². The summed E-state index contributed by atoms with van der Waals surface area (Å²) in [5.74, 6) is -0.856. The van der Waals surface area contributed by atoms with Crippen LogP contribution in [-0.2, 0) is 14.3 Å². The highest BCUT2D eigenvalue weighted by Crippen LogP contribution is 2.43. The minimum atomic E-state index is -0.703. The first-order chi connectivity index (χ1) is 14.4. The first kappa shape index (κ1) is 21.2. The quantitative estimate of drug-likeness (QED) is 0.668. The average Bonchev–Trinajstić information content (AvgIpc) is 3.44. The van der Waals surface area contributed by atoms with Crippen LogP contribution in [0.25, 0.3) is 0 Å². The van der Waals surface area contributed by atoms with Crippen molar-refractivity contribution in [3.8, 4) is 5.06 Å². The molecule has 4 heterocycles. The van der Waals surface area contributed by atoms with Crippen LogP contribution in [0.15, 0.2) is 22.6 Å². The number of ether oxygens (including phenoxy) is 1. The number of nitrogens with zero attached hydrogens (tertiary/aromatic N) is 2. The van der Waals surface area contributed by atoms with Crippen LogP contribution in [-0.4, -0.2) is 83.8 Å². The highest BCUT2D eigenvalue weighted by molar-refractivity contribution is 8.04. The average molecular weight is 452 g/mol. The van der Waals surface area contributed by atoms with Gasteiger partial charge in [0.05, 0.1) is 17.2 Å². The number of aromatic hydroxyl groups is 1. The minimum absolute atomic E-state index is 0.0659. The third-order valence-corrected chi connectivity index (χ3v) is 8.04. The molecule has 0 spiro atoms. The maximum absolute atomic E-state index is 13.3. The fourth-order valence-corrected chi connectivity index (χ4v) is 6.41. The van der Waals surface area contributed by atoms with E-state index in [1.165, 1.54) is 23.7 Å². The van der Waals surface area contributed by atoms with Gasteiger partial charge in [-0.3, -0.25) is 9.59 Å². The molecular formula is C20H25N3O5S2. The molecule has 0 bridgehead atoms. The number of esters is 1. The number of hydrogen-bond donors (Lipinski definition) is 2. The topological polar surface area (TPSA) is 99.2 Å². The lowest BCUT2D eigenvalue weighted by Gasteiger charge is -2.25. The Morgan fingerprint density at radius 3 is 2.80 bits per heavy atom. The van der Waals surface area contributed by atoms with Crippen molar-refractivity contribution in [3.63, 3.8) is 0 Å². The normalized spacial score (nSPS) is 26.6. The van der Waals surface area contributed by atoms with Crippen molar-refractivity contribution in [1.29, 1.82) is 0 Å². The first-order valence-corrected chi connectivity index (χ1v) is 11.6. The van der Waals surface area contributed by atoms with Crippen LogP contribution in [0.5, 0.6) is 5.06 Å². The van der Waals surface area contributed by atoms with E-state index in [9.17, 15) is 19.5 Å². The molecule has 2 N–H and O–H groups in total. The second kappa shape index (κ2) is 8.60. The third-order valence-electron chi connectivity index (χ3n) is 5.80. The molecule has 0 radical (unpaired) electrons. The fourth-order valence-electron chi connectivity index (χ4n) is 4.25. The van der Waals surface area contributed by atoms with Crippen molar-refractivity contribution in [3.05, 3.63) is 27.5 Å². The van der Waals surface area contributed by atoms with Gasteiger partial charge in [0.2, 0.25) is 5.91 Å². The number of likely N-dealkylation sites (tertiary alicyclic amines) is 1. The van der Waals surface area contributed by atoms with Crippen LogP contribution >= 0.6 is 23.1 Å². The molecule has 1 aromatic heterocycles. The zero-order valence-electron chi connectivity index (χ0n) is 16.9. The second-order valence-corrected chi connectivity index (χ2v) is 10.3. The highest BCUT2D eigenvalue weighted by atomic mass is 32.2. The summed E-state index contributed by atoms with van der Waals surface area (Å²) in [6.45, 7) is 2.14. The van der Waals surface area contributed by atoms with E-state index in [2.05, 4.69) is 17.3 Å².